The molecule has 0 aliphatic rings. The van der Waals surface area contributed by atoms with Crippen LogP contribution in [0.1, 0.15) is 206 Å². The van der Waals surface area contributed by atoms with Gasteiger partial charge in [0.15, 0.2) is 0 Å². The maximum absolute atomic E-state index is 12.6. The summed E-state index contributed by atoms with van der Waals surface area (Å²) in [5.74, 6) is 0.261. The highest BCUT2D eigenvalue weighted by Crippen LogP contribution is 2.16. The van der Waals surface area contributed by atoms with Gasteiger partial charge in [-0.25, -0.2) is 0 Å². The van der Waals surface area contributed by atoms with Crippen molar-refractivity contribution in [2.24, 2.45) is 0 Å². The van der Waals surface area contributed by atoms with Gasteiger partial charge in [-0.1, -0.05) is 159 Å². The van der Waals surface area contributed by atoms with Crippen LogP contribution in [0.15, 0.2) is 36.5 Å². The highest BCUT2D eigenvalue weighted by molar-refractivity contribution is 5.76. The molecule has 0 aliphatic carbocycles. The number of hydrogen-bond donors (Lipinski definition) is 1. The number of allylic oxidation sites excluding steroid dienone is 6. The van der Waals surface area contributed by atoms with Crippen molar-refractivity contribution in [3.63, 3.8) is 0 Å². The average molecular weight is 643 g/mol. The molecular formula is C43H82N2O. The molecule has 0 spiro atoms. The van der Waals surface area contributed by atoms with E-state index in [9.17, 15) is 4.79 Å². The van der Waals surface area contributed by atoms with Crippen molar-refractivity contribution < 1.29 is 4.79 Å². The summed E-state index contributed by atoms with van der Waals surface area (Å²) in [6.45, 7) is 5.54. The molecule has 0 radical (unpaired) electrons. The fraction of sp³-hybridized carbons (Fsp3) is 0.837. The van der Waals surface area contributed by atoms with E-state index in [1.807, 2.05) is 0 Å². The lowest BCUT2D eigenvalue weighted by Crippen LogP contribution is -2.35. The molecule has 0 aromatic heterocycles. The molecule has 1 N–H and O–H groups in total. The molecule has 1 unspecified atom stereocenters. The Morgan fingerprint density at radius 2 is 0.870 bits per heavy atom. The number of rotatable bonds is 36. The summed E-state index contributed by atoms with van der Waals surface area (Å²) in [7, 11) is 4.17. The van der Waals surface area contributed by atoms with Crippen molar-refractivity contribution in [3.05, 3.63) is 36.5 Å². The molecule has 0 aromatic rings. The maximum Gasteiger partial charge on any atom is 0.220 e. The summed E-state index contributed by atoms with van der Waals surface area (Å²) in [4.78, 5) is 14.8. The molecule has 0 saturated heterocycles. The van der Waals surface area contributed by atoms with Crippen molar-refractivity contribution in [1.29, 1.82) is 0 Å². The number of unbranched alkanes of at least 4 members (excludes halogenated alkanes) is 21. The molecule has 270 valence electrons. The van der Waals surface area contributed by atoms with Gasteiger partial charge < -0.3 is 10.2 Å². The van der Waals surface area contributed by atoms with Gasteiger partial charge in [0.25, 0.3) is 0 Å². The molecule has 0 aliphatic heterocycles. The van der Waals surface area contributed by atoms with Crippen LogP contribution in [-0.2, 0) is 4.79 Å². The van der Waals surface area contributed by atoms with Crippen LogP contribution in [-0.4, -0.2) is 37.5 Å². The van der Waals surface area contributed by atoms with Gasteiger partial charge in [-0.2, -0.15) is 0 Å². The second kappa shape index (κ2) is 38.1. The van der Waals surface area contributed by atoms with Gasteiger partial charge in [0, 0.05) is 12.5 Å². The van der Waals surface area contributed by atoms with Crippen molar-refractivity contribution in [1.82, 2.24) is 10.2 Å². The molecular weight excluding hydrogens is 560 g/mol. The van der Waals surface area contributed by atoms with Gasteiger partial charge in [-0.3, -0.25) is 4.79 Å². The normalized spacial score (nSPS) is 12.8. The SMILES string of the molecule is CCCCC/C=C\C/C=C\CCCCCCCCC(CCCCCCCC/C=C\CCCCCCCC)NC(=O)CCCN(C)C. The second-order valence-electron chi connectivity index (χ2n) is 14.3. The lowest BCUT2D eigenvalue weighted by atomic mass is 9.99. The number of carbonyl (C=O) groups is 1. The Kier molecular flexibility index (Phi) is 37.0. The summed E-state index contributed by atoms with van der Waals surface area (Å²) in [6.07, 6.45) is 52.4. The van der Waals surface area contributed by atoms with E-state index in [0.717, 1.165) is 32.2 Å². The smallest absolute Gasteiger partial charge is 0.220 e. The maximum atomic E-state index is 12.6. The number of hydrogen-bond acceptors (Lipinski definition) is 2. The predicted molar refractivity (Wildman–Crippen MR) is 208 cm³/mol. The topological polar surface area (TPSA) is 32.3 Å². The Hall–Kier alpha value is -1.35. The van der Waals surface area contributed by atoms with Gasteiger partial charge in [0.1, 0.15) is 0 Å². The van der Waals surface area contributed by atoms with Gasteiger partial charge in [-0.05, 0) is 97.7 Å². The van der Waals surface area contributed by atoms with Gasteiger partial charge in [-0.15, -0.1) is 0 Å². The Balaban J connectivity index is 3.98. The summed E-state index contributed by atoms with van der Waals surface area (Å²) in [6, 6.07) is 0.370. The molecule has 0 fully saturated rings. The fourth-order valence-corrected chi connectivity index (χ4v) is 6.16. The van der Waals surface area contributed by atoms with Crippen LogP contribution in [0.3, 0.4) is 0 Å². The molecule has 1 amide bonds. The molecule has 46 heavy (non-hydrogen) atoms. The molecule has 0 bridgehead atoms. The summed E-state index contributed by atoms with van der Waals surface area (Å²) < 4.78 is 0. The zero-order valence-corrected chi connectivity index (χ0v) is 31.8. The van der Waals surface area contributed by atoms with Crippen LogP contribution in [0.4, 0.5) is 0 Å². The highest BCUT2D eigenvalue weighted by atomic mass is 16.1. The molecule has 0 heterocycles. The van der Waals surface area contributed by atoms with Crippen LogP contribution in [0, 0.1) is 0 Å². The lowest BCUT2D eigenvalue weighted by Gasteiger charge is -2.19. The number of nitrogens with zero attached hydrogens (tertiary/aromatic N) is 1. The van der Waals surface area contributed by atoms with Crippen molar-refractivity contribution >= 4 is 5.91 Å². The first-order valence-electron chi connectivity index (χ1n) is 20.5. The van der Waals surface area contributed by atoms with E-state index < -0.39 is 0 Å². The predicted octanol–water partition coefficient (Wildman–Crippen LogP) is 13.4. The minimum Gasteiger partial charge on any atom is -0.353 e. The lowest BCUT2D eigenvalue weighted by molar-refractivity contribution is -0.122. The van der Waals surface area contributed by atoms with Crippen LogP contribution >= 0.6 is 0 Å². The molecule has 3 heteroatoms. The molecule has 3 nitrogen and oxygen atoms in total. The largest absolute Gasteiger partial charge is 0.353 e. The van der Waals surface area contributed by atoms with E-state index >= 15 is 0 Å². The Labute approximate surface area is 289 Å². The van der Waals surface area contributed by atoms with E-state index in [1.54, 1.807) is 0 Å². The zero-order chi connectivity index (χ0) is 33.6. The first-order chi connectivity index (χ1) is 22.6. The summed E-state index contributed by atoms with van der Waals surface area (Å²) in [5, 5.41) is 3.42. The third-order valence-electron chi connectivity index (χ3n) is 9.19. The van der Waals surface area contributed by atoms with E-state index in [-0.39, 0.29) is 5.91 Å². The zero-order valence-electron chi connectivity index (χ0n) is 31.8. The summed E-state index contributed by atoms with van der Waals surface area (Å²) in [5.41, 5.74) is 0. The van der Waals surface area contributed by atoms with Gasteiger partial charge in [0.05, 0.1) is 0 Å². The van der Waals surface area contributed by atoms with Crippen molar-refractivity contribution in [2.75, 3.05) is 20.6 Å². The first-order valence-corrected chi connectivity index (χ1v) is 20.5. The molecule has 0 rings (SSSR count). The Bertz CT molecular complexity index is 695. The van der Waals surface area contributed by atoms with Crippen LogP contribution < -0.4 is 5.32 Å². The van der Waals surface area contributed by atoms with Crippen molar-refractivity contribution in [2.45, 2.75) is 213 Å². The number of carbonyl (C=O) groups excluding carboxylic acids is 1. The summed E-state index contributed by atoms with van der Waals surface area (Å²) >= 11 is 0. The average Bonchev–Trinajstić information content (AvgIpc) is 3.04. The standard InChI is InChI=1S/C43H82N2O/c1-5-7-9-11-13-15-17-19-21-23-25-27-29-31-33-35-38-42(44-43(46)40-37-41-45(3)4)39-36-34-32-30-28-26-24-22-20-18-16-14-12-10-8-6-2/h13,15,19-22,42H,5-12,14,16-18,23-41H2,1-4H3,(H,44,46)/b15-13-,21-19-,22-20-. The fourth-order valence-electron chi connectivity index (χ4n) is 6.16. The Morgan fingerprint density at radius 1 is 0.500 bits per heavy atom. The van der Waals surface area contributed by atoms with Crippen LogP contribution in [0.5, 0.6) is 0 Å². The number of nitrogens with one attached hydrogen (secondary N) is 1. The van der Waals surface area contributed by atoms with E-state index in [0.29, 0.717) is 12.5 Å². The number of amides is 1. The third kappa shape index (κ3) is 37.1. The molecule has 0 aromatic carbocycles. The monoisotopic (exact) mass is 643 g/mol. The van der Waals surface area contributed by atoms with E-state index in [1.165, 1.54) is 161 Å². The second-order valence-corrected chi connectivity index (χ2v) is 14.3. The molecule has 1 atom stereocenters. The minimum atomic E-state index is 0.261. The first kappa shape index (κ1) is 44.6. The van der Waals surface area contributed by atoms with Gasteiger partial charge in [0.2, 0.25) is 5.91 Å². The van der Waals surface area contributed by atoms with E-state index in [4.69, 9.17) is 0 Å². The quantitative estimate of drug-likeness (QED) is 0.0545. The van der Waals surface area contributed by atoms with Crippen molar-refractivity contribution in [3.8, 4) is 0 Å². The minimum absolute atomic E-state index is 0.261. The van der Waals surface area contributed by atoms with Gasteiger partial charge >= 0.3 is 0 Å². The van der Waals surface area contributed by atoms with Crippen LogP contribution in [0.2, 0.25) is 0 Å². The third-order valence-corrected chi connectivity index (χ3v) is 9.19. The Morgan fingerprint density at radius 3 is 1.33 bits per heavy atom. The highest BCUT2D eigenvalue weighted by Gasteiger charge is 2.12. The van der Waals surface area contributed by atoms with E-state index in [2.05, 4.69) is 74.6 Å². The van der Waals surface area contributed by atoms with Crippen LogP contribution in [0.25, 0.3) is 0 Å². The molecule has 0 saturated carbocycles.